The first-order valence-corrected chi connectivity index (χ1v) is 10.8. The number of nitrogens with one attached hydrogen (secondary N) is 1. The standard InChI is InChI=1S/C24H33N3O5/c1-16-14-27(15-17(2)32-16)22-8-6-19(12-25-22)13-26-23(28)9-7-18-10-20(29-3)24(31-5)21(11-18)30-4/h6,8,10-12,16-17H,7,9,13-15H2,1-5H3,(H,26,28). The first-order valence-electron chi connectivity index (χ1n) is 10.8. The first kappa shape index (κ1) is 23.7. The highest BCUT2D eigenvalue weighted by atomic mass is 16.5. The van der Waals surface area contributed by atoms with Crippen molar-refractivity contribution >= 4 is 11.7 Å². The third-order valence-corrected chi connectivity index (χ3v) is 5.41. The van der Waals surface area contributed by atoms with Crippen LogP contribution in [0.3, 0.4) is 0 Å². The van der Waals surface area contributed by atoms with Crippen molar-refractivity contribution in [3.8, 4) is 17.2 Å². The molecule has 2 heterocycles. The fraction of sp³-hybridized carbons (Fsp3) is 0.500. The molecule has 0 radical (unpaired) electrons. The van der Waals surface area contributed by atoms with Gasteiger partial charge in [-0.1, -0.05) is 6.07 Å². The molecule has 8 heteroatoms. The number of carbonyl (C=O) groups is 1. The van der Waals surface area contributed by atoms with E-state index in [0.717, 1.165) is 30.0 Å². The van der Waals surface area contributed by atoms with E-state index in [4.69, 9.17) is 18.9 Å². The third kappa shape index (κ3) is 6.03. The molecule has 8 nitrogen and oxygen atoms in total. The number of amides is 1. The summed E-state index contributed by atoms with van der Waals surface area (Å²) in [5.41, 5.74) is 1.90. The molecule has 3 rings (SSSR count). The minimum atomic E-state index is -0.0290. The SMILES string of the molecule is COc1cc(CCC(=O)NCc2ccc(N3CC(C)OC(C)C3)nc2)cc(OC)c1OC. The summed E-state index contributed by atoms with van der Waals surface area (Å²) in [5.74, 6) is 2.61. The molecule has 2 aromatic rings. The molecular formula is C24H33N3O5. The zero-order valence-corrected chi connectivity index (χ0v) is 19.5. The van der Waals surface area contributed by atoms with E-state index in [1.807, 2.05) is 30.5 Å². The quantitative estimate of drug-likeness (QED) is 0.638. The van der Waals surface area contributed by atoms with Gasteiger partial charge in [0.1, 0.15) is 5.82 Å². The number of methoxy groups -OCH3 is 3. The fourth-order valence-corrected chi connectivity index (χ4v) is 3.90. The second kappa shape index (κ2) is 11.0. The second-order valence-corrected chi connectivity index (χ2v) is 8.00. The lowest BCUT2D eigenvalue weighted by atomic mass is 10.1. The van der Waals surface area contributed by atoms with Gasteiger partial charge in [0.05, 0.1) is 33.5 Å². The van der Waals surface area contributed by atoms with Crippen LogP contribution in [0.2, 0.25) is 0 Å². The number of aromatic nitrogens is 1. The average molecular weight is 444 g/mol. The van der Waals surface area contributed by atoms with Gasteiger partial charge in [-0.05, 0) is 49.6 Å². The normalized spacial score (nSPS) is 18.2. The zero-order valence-electron chi connectivity index (χ0n) is 19.5. The number of benzene rings is 1. The summed E-state index contributed by atoms with van der Waals surface area (Å²) < 4.78 is 21.9. The predicted molar refractivity (Wildman–Crippen MR) is 123 cm³/mol. The van der Waals surface area contributed by atoms with Gasteiger partial charge in [0.2, 0.25) is 11.7 Å². The zero-order chi connectivity index (χ0) is 23.1. The maximum absolute atomic E-state index is 12.4. The number of aryl methyl sites for hydroxylation is 1. The summed E-state index contributed by atoms with van der Waals surface area (Å²) >= 11 is 0. The number of hydrogen-bond acceptors (Lipinski definition) is 7. The Hall–Kier alpha value is -3.00. The van der Waals surface area contributed by atoms with Gasteiger partial charge in [0, 0.05) is 32.3 Å². The number of hydrogen-bond donors (Lipinski definition) is 1. The van der Waals surface area contributed by atoms with Crippen molar-refractivity contribution in [3.63, 3.8) is 0 Å². The van der Waals surface area contributed by atoms with Crippen LogP contribution in [0.1, 0.15) is 31.4 Å². The maximum atomic E-state index is 12.4. The van der Waals surface area contributed by atoms with Crippen molar-refractivity contribution in [2.75, 3.05) is 39.3 Å². The van der Waals surface area contributed by atoms with E-state index < -0.39 is 0 Å². The Morgan fingerprint density at radius 2 is 1.72 bits per heavy atom. The summed E-state index contributed by atoms with van der Waals surface area (Å²) in [4.78, 5) is 19.2. The van der Waals surface area contributed by atoms with Crippen LogP contribution >= 0.6 is 0 Å². The summed E-state index contributed by atoms with van der Waals surface area (Å²) in [6, 6.07) is 7.74. The molecule has 2 unspecified atom stereocenters. The number of nitrogens with zero attached hydrogens (tertiary/aromatic N) is 2. The molecule has 1 amide bonds. The summed E-state index contributed by atoms with van der Waals surface area (Å²) in [7, 11) is 4.72. The number of morpholine rings is 1. The van der Waals surface area contributed by atoms with Crippen molar-refractivity contribution in [1.82, 2.24) is 10.3 Å². The van der Waals surface area contributed by atoms with Crippen LogP contribution in [0.5, 0.6) is 17.2 Å². The first-order chi connectivity index (χ1) is 15.4. The number of ether oxygens (including phenoxy) is 4. The van der Waals surface area contributed by atoms with Gasteiger partial charge in [-0.3, -0.25) is 4.79 Å². The van der Waals surface area contributed by atoms with E-state index in [9.17, 15) is 4.79 Å². The lowest BCUT2D eigenvalue weighted by Gasteiger charge is -2.36. The fourth-order valence-electron chi connectivity index (χ4n) is 3.90. The van der Waals surface area contributed by atoms with Crippen LogP contribution < -0.4 is 24.4 Å². The Morgan fingerprint density at radius 3 is 2.25 bits per heavy atom. The molecule has 1 fully saturated rings. The smallest absolute Gasteiger partial charge is 0.220 e. The van der Waals surface area contributed by atoms with Gasteiger partial charge in [-0.2, -0.15) is 0 Å². The Bertz CT molecular complexity index is 868. The number of rotatable bonds is 9. The monoisotopic (exact) mass is 443 g/mol. The van der Waals surface area contributed by atoms with Crippen LogP contribution in [-0.2, 0) is 22.5 Å². The summed E-state index contributed by atoms with van der Waals surface area (Å²) in [5, 5.41) is 2.96. The molecule has 0 aliphatic carbocycles. The van der Waals surface area contributed by atoms with E-state index in [1.165, 1.54) is 0 Å². The van der Waals surface area contributed by atoms with E-state index >= 15 is 0 Å². The highest BCUT2D eigenvalue weighted by molar-refractivity contribution is 5.76. The molecule has 0 saturated carbocycles. The van der Waals surface area contributed by atoms with Crippen molar-refractivity contribution in [2.45, 2.75) is 45.4 Å². The highest BCUT2D eigenvalue weighted by Gasteiger charge is 2.23. The van der Waals surface area contributed by atoms with E-state index in [2.05, 4.69) is 29.0 Å². The molecule has 174 valence electrons. The average Bonchev–Trinajstić information content (AvgIpc) is 2.80. The maximum Gasteiger partial charge on any atom is 0.220 e. The van der Waals surface area contributed by atoms with Gasteiger partial charge in [-0.15, -0.1) is 0 Å². The lowest BCUT2D eigenvalue weighted by molar-refractivity contribution is -0.121. The van der Waals surface area contributed by atoms with Gasteiger partial charge in [0.15, 0.2) is 11.5 Å². The van der Waals surface area contributed by atoms with Crippen LogP contribution in [0.4, 0.5) is 5.82 Å². The van der Waals surface area contributed by atoms with Gasteiger partial charge in [0.25, 0.3) is 0 Å². The number of pyridine rings is 1. The Balaban J connectivity index is 1.51. The molecule has 0 bridgehead atoms. The Kier molecular flexibility index (Phi) is 8.16. The number of carbonyl (C=O) groups excluding carboxylic acids is 1. The van der Waals surface area contributed by atoms with E-state index in [-0.39, 0.29) is 18.1 Å². The van der Waals surface area contributed by atoms with Crippen molar-refractivity contribution in [3.05, 3.63) is 41.6 Å². The molecule has 1 aliphatic heterocycles. The predicted octanol–water partition coefficient (Wildman–Crippen LogP) is 2.97. The molecule has 1 aliphatic rings. The topological polar surface area (TPSA) is 82.2 Å². The molecule has 0 spiro atoms. The Morgan fingerprint density at radius 1 is 1.06 bits per heavy atom. The van der Waals surface area contributed by atoms with E-state index in [1.54, 1.807) is 21.3 Å². The van der Waals surface area contributed by atoms with Crippen molar-refractivity contribution in [1.29, 1.82) is 0 Å². The molecular weight excluding hydrogens is 410 g/mol. The van der Waals surface area contributed by atoms with Crippen LogP contribution in [0.25, 0.3) is 0 Å². The van der Waals surface area contributed by atoms with Crippen LogP contribution in [0.15, 0.2) is 30.5 Å². The minimum Gasteiger partial charge on any atom is -0.493 e. The summed E-state index contributed by atoms with van der Waals surface area (Å²) in [6.45, 7) is 6.25. The van der Waals surface area contributed by atoms with Gasteiger partial charge in [-0.25, -0.2) is 4.98 Å². The van der Waals surface area contributed by atoms with Gasteiger partial charge < -0.3 is 29.2 Å². The molecule has 32 heavy (non-hydrogen) atoms. The molecule has 1 N–H and O–H groups in total. The largest absolute Gasteiger partial charge is 0.493 e. The molecule has 1 aromatic heterocycles. The second-order valence-electron chi connectivity index (χ2n) is 8.00. The Labute approximate surface area is 189 Å². The number of anilines is 1. The summed E-state index contributed by atoms with van der Waals surface area (Å²) in [6.07, 6.45) is 3.11. The molecule has 2 atom stereocenters. The van der Waals surface area contributed by atoms with Crippen LogP contribution in [-0.4, -0.2) is 57.5 Å². The van der Waals surface area contributed by atoms with Gasteiger partial charge >= 0.3 is 0 Å². The van der Waals surface area contributed by atoms with Crippen LogP contribution in [0, 0.1) is 0 Å². The minimum absolute atomic E-state index is 0.0290. The van der Waals surface area contributed by atoms with E-state index in [0.29, 0.717) is 36.6 Å². The third-order valence-electron chi connectivity index (χ3n) is 5.41. The van der Waals surface area contributed by atoms with Crippen molar-refractivity contribution in [2.24, 2.45) is 0 Å². The molecule has 1 saturated heterocycles. The highest BCUT2D eigenvalue weighted by Crippen LogP contribution is 2.38. The van der Waals surface area contributed by atoms with Crippen molar-refractivity contribution < 1.29 is 23.7 Å². The molecule has 1 aromatic carbocycles. The lowest BCUT2D eigenvalue weighted by Crippen LogP contribution is -2.45.